The zero-order chi connectivity index (χ0) is 11.6. The third-order valence-corrected chi connectivity index (χ3v) is 4.70. The van der Waals surface area contributed by atoms with Gasteiger partial charge in [-0.2, -0.15) is 0 Å². The molecule has 0 bridgehead atoms. The van der Waals surface area contributed by atoms with E-state index in [1.54, 1.807) is 0 Å². The van der Waals surface area contributed by atoms with Gasteiger partial charge in [-0.15, -0.1) is 0 Å². The molecule has 4 heteroatoms. The zero-order valence-electron chi connectivity index (χ0n) is 9.52. The molecule has 3 nitrogen and oxygen atoms in total. The summed E-state index contributed by atoms with van der Waals surface area (Å²) >= 11 is 0. The van der Waals surface area contributed by atoms with E-state index in [1.807, 2.05) is 12.1 Å². The Balaban J connectivity index is 2.00. The summed E-state index contributed by atoms with van der Waals surface area (Å²) in [5.41, 5.74) is 2.57. The first kappa shape index (κ1) is 11.6. The molecule has 1 aliphatic heterocycles. The van der Waals surface area contributed by atoms with E-state index in [-0.39, 0.29) is 0 Å². The molecule has 16 heavy (non-hydrogen) atoms. The van der Waals surface area contributed by atoms with E-state index in [0.717, 1.165) is 6.54 Å². The van der Waals surface area contributed by atoms with E-state index in [4.69, 9.17) is 0 Å². The molecule has 1 heterocycles. The Labute approximate surface area is 97.0 Å². The van der Waals surface area contributed by atoms with Gasteiger partial charge >= 0.3 is 0 Å². The average Bonchev–Trinajstić information content (AvgIpc) is 2.24. The molecule has 2 rings (SSSR count). The van der Waals surface area contributed by atoms with Gasteiger partial charge in [0.25, 0.3) is 0 Å². The van der Waals surface area contributed by atoms with Gasteiger partial charge in [0.15, 0.2) is 9.84 Å². The fourth-order valence-corrected chi connectivity index (χ4v) is 3.21. The molecule has 0 N–H and O–H groups in total. The summed E-state index contributed by atoms with van der Waals surface area (Å²) in [6, 6.07) is 8.26. The quantitative estimate of drug-likeness (QED) is 0.779. The van der Waals surface area contributed by atoms with Crippen LogP contribution in [0.3, 0.4) is 0 Å². The molecule has 88 valence electrons. The molecular weight excluding hydrogens is 222 g/mol. The Morgan fingerprint density at radius 2 is 1.81 bits per heavy atom. The molecule has 1 aliphatic rings. The Morgan fingerprint density at radius 1 is 1.19 bits per heavy atom. The van der Waals surface area contributed by atoms with Gasteiger partial charge < -0.3 is 0 Å². The summed E-state index contributed by atoms with van der Waals surface area (Å²) in [4.78, 5) is 2.21. The first-order valence-electron chi connectivity index (χ1n) is 5.54. The van der Waals surface area contributed by atoms with Gasteiger partial charge in [0.2, 0.25) is 0 Å². The van der Waals surface area contributed by atoms with Gasteiger partial charge in [-0.3, -0.25) is 4.90 Å². The van der Waals surface area contributed by atoms with Crippen LogP contribution in [0, 0.1) is 6.92 Å². The lowest BCUT2D eigenvalue weighted by Crippen LogP contribution is -2.39. The van der Waals surface area contributed by atoms with Gasteiger partial charge in [0.1, 0.15) is 0 Å². The third kappa shape index (κ3) is 2.83. The van der Waals surface area contributed by atoms with E-state index in [2.05, 4.69) is 24.0 Å². The first-order chi connectivity index (χ1) is 7.57. The van der Waals surface area contributed by atoms with Crippen LogP contribution in [0.5, 0.6) is 0 Å². The highest BCUT2D eigenvalue weighted by molar-refractivity contribution is 7.91. The molecule has 0 saturated carbocycles. The predicted molar refractivity (Wildman–Crippen MR) is 65.1 cm³/mol. The van der Waals surface area contributed by atoms with Gasteiger partial charge in [-0.1, -0.05) is 24.3 Å². The van der Waals surface area contributed by atoms with Crippen molar-refractivity contribution >= 4 is 9.84 Å². The van der Waals surface area contributed by atoms with Crippen molar-refractivity contribution in [3.63, 3.8) is 0 Å². The summed E-state index contributed by atoms with van der Waals surface area (Å²) in [6.07, 6.45) is 0. The highest BCUT2D eigenvalue weighted by Gasteiger charge is 2.21. The van der Waals surface area contributed by atoms with Crippen molar-refractivity contribution < 1.29 is 8.42 Å². The summed E-state index contributed by atoms with van der Waals surface area (Å²) in [6.45, 7) is 4.28. The van der Waals surface area contributed by atoms with Crippen molar-refractivity contribution in [2.24, 2.45) is 0 Å². The van der Waals surface area contributed by atoms with Crippen LogP contribution < -0.4 is 0 Å². The normalized spacial score (nSPS) is 20.8. The lowest BCUT2D eigenvalue weighted by Gasteiger charge is -2.27. The van der Waals surface area contributed by atoms with Crippen LogP contribution in [0.2, 0.25) is 0 Å². The predicted octanol–water partition coefficient (Wildman–Crippen LogP) is 1.23. The van der Waals surface area contributed by atoms with Crippen LogP contribution in [0.1, 0.15) is 11.1 Å². The standard InChI is InChI=1S/C12H17NO2S/c1-11-4-2-3-5-12(11)10-13-6-8-16(14,15)9-7-13/h2-5H,6-10H2,1H3. The SMILES string of the molecule is Cc1ccccc1CN1CCS(=O)(=O)CC1. The Bertz CT molecular complexity index is 454. The highest BCUT2D eigenvalue weighted by Crippen LogP contribution is 2.12. The van der Waals surface area contributed by atoms with Crippen molar-refractivity contribution in [1.82, 2.24) is 4.90 Å². The largest absolute Gasteiger partial charge is 0.297 e. The van der Waals surface area contributed by atoms with Crippen molar-refractivity contribution in [2.75, 3.05) is 24.6 Å². The fourth-order valence-electron chi connectivity index (χ4n) is 1.94. The smallest absolute Gasteiger partial charge is 0.152 e. The summed E-state index contributed by atoms with van der Waals surface area (Å²) in [7, 11) is -2.76. The number of nitrogens with zero attached hydrogens (tertiary/aromatic N) is 1. The zero-order valence-corrected chi connectivity index (χ0v) is 10.3. The Kier molecular flexibility index (Phi) is 3.30. The lowest BCUT2D eigenvalue weighted by atomic mass is 10.1. The molecule has 0 aliphatic carbocycles. The third-order valence-electron chi connectivity index (χ3n) is 3.09. The minimum atomic E-state index is -2.76. The molecule has 0 atom stereocenters. The molecule has 1 aromatic carbocycles. The molecular formula is C12H17NO2S. The van der Waals surface area contributed by atoms with Crippen LogP contribution in [0.4, 0.5) is 0 Å². The van der Waals surface area contributed by atoms with Gasteiger partial charge in [0, 0.05) is 19.6 Å². The van der Waals surface area contributed by atoms with Crippen molar-refractivity contribution in [1.29, 1.82) is 0 Å². The maximum absolute atomic E-state index is 11.3. The first-order valence-corrected chi connectivity index (χ1v) is 7.36. The minimum absolute atomic E-state index is 0.304. The fraction of sp³-hybridized carbons (Fsp3) is 0.500. The monoisotopic (exact) mass is 239 g/mol. The van der Waals surface area contributed by atoms with Gasteiger partial charge in [-0.25, -0.2) is 8.42 Å². The van der Waals surface area contributed by atoms with E-state index >= 15 is 0 Å². The van der Waals surface area contributed by atoms with Crippen LogP contribution in [0.25, 0.3) is 0 Å². The number of aryl methyl sites for hydroxylation is 1. The maximum atomic E-state index is 11.3. The average molecular weight is 239 g/mol. The van der Waals surface area contributed by atoms with Crippen molar-refractivity contribution in [3.05, 3.63) is 35.4 Å². The molecule has 1 fully saturated rings. The molecule has 1 aromatic rings. The molecule has 0 amide bonds. The molecule has 0 aromatic heterocycles. The van der Waals surface area contributed by atoms with Crippen LogP contribution in [-0.4, -0.2) is 37.9 Å². The van der Waals surface area contributed by atoms with E-state index in [9.17, 15) is 8.42 Å². The number of rotatable bonds is 2. The topological polar surface area (TPSA) is 37.4 Å². The maximum Gasteiger partial charge on any atom is 0.152 e. The molecule has 0 radical (unpaired) electrons. The second kappa shape index (κ2) is 4.55. The summed E-state index contributed by atoms with van der Waals surface area (Å²) in [5.74, 6) is 0.609. The van der Waals surface area contributed by atoms with E-state index < -0.39 is 9.84 Å². The summed E-state index contributed by atoms with van der Waals surface area (Å²) < 4.78 is 22.6. The molecule has 0 spiro atoms. The number of benzene rings is 1. The van der Waals surface area contributed by atoms with Gasteiger partial charge in [0.05, 0.1) is 11.5 Å². The highest BCUT2D eigenvalue weighted by atomic mass is 32.2. The van der Waals surface area contributed by atoms with E-state index in [0.29, 0.717) is 24.6 Å². The minimum Gasteiger partial charge on any atom is -0.297 e. The summed E-state index contributed by atoms with van der Waals surface area (Å²) in [5, 5.41) is 0. The van der Waals surface area contributed by atoms with Crippen molar-refractivity contribution in [3.8, 4) is 0 Å². The van der Waals surface area contributed by atoms with E-state index in [1.165, 1.54) is 11.1 Å². The number of hydrogen-bond acceptors (Lipinski definition) is 3. The van der Waals surface area contributed by atoms with Crippen LogP contribution in [-0.2, 0) is 16.4 Å². The second-order valence-electron chi connectivity index (χ2n) is 4.35. The lowest BCUT2D eigenvalue weighted by molar-refractivity contribution is 0.287. The molecule has 1 saturated heterocycles. The molecule has 0 unspecified atom stereocenters. The Hall–Kier alpha value is -0.870. The van der Waals surface area contributed by atoms with Crippen LogP contribution in [0.15, 0.2) is 24.3 Å². The Morgan fingerprint density at radius 3 is 2.44 bits per heavy atom. The van der Waals surface area contributed by atoms with Crippen molar-refractivity contribution in [2.45, 2.75) is 13.5 Å². The number of sulfone groups is 1. The van der Waals surface area contributed by atoms with Crippen LogP contribution >= 0.6 is 0 Å². The second-order valence-corrected chi connectivity index (χ2v) is 6.66. The number of hydrogen-bond donors (Lipinski definition) is 0. The van der Waals surface area contributed by atoms with Gasteiger partial charge in [-0.05, 0) is 18.1 Å².